The normalized spacial score (nSPS) is 15.6. The summed E-state index contributed by atoms with van der Waals surface area (Å²) < 4.78 is 26.9. The van der Waals surface area contributed by atoms with Crippen molar-refractivity contribution < 1.29 is 8.42 Å². The van der Waals surface area contributed by atoms with Crippen LogP contribution in [0.15, 0.2) is 47.6 Å². The molecule has 0 amide bonds. The molecule has 1 fully saturated rings. The summed E-state index contributed by atoms with van der Waals surface area (Å²) in [7, 11) is -2.02. The van der Waals surface area contributed by atoms with Crippen molar-refractivity contribution in [1.82, 2.24) is 9.71 Å². The summed E-state index contributed by atoms with van der Waals surface area (Å²) in [5.41, 5.74) is 3.11. The largest absolute Gasteiger partial charge is 0.368 e. The maximum Gasteiger partial charge on any atom is 0.242 e. The number of pyridine rings is 1. The second-order valence-corrected chi connectivity index (χ2v) is 7.67. The second kappa shape index (κ2) is 6.78. The Balaban J connectivity index is 1.80. The highest BCUT2D eigenvalue weighted by atomic mass is 32.2. The number of sulfonamides is 1. The number of nitrogens with one attached hydrogen (secondary N) is 1. The van der Waals surface area contributed by atoms with Crippen molar-refractivity contribution in [3.63, 3.8) is 0 Å². The summed E-state index contributed by atoms with van der Waals surface area (Å²) in [4.78, 5) is 8.93. The third-order valence-corrected chi connectivity index (χ3v) is 5.84. The molecule has 0 saturated carbocycles. The number of piperazine rings is 1. The number of para-hydroxylation sites is 1. The average Bonchev–Trinajstić information content (AvgIpc) is 2.62. The average molecular weight is 346 g/mol. The molecule has 1 aliphatic rings. The highest BCUT2D eigenvalue weighted by molar-refractivity contribution is 7.89. The molecule has 6 nitrogen and oxygen atoms in total. The van der Waals surface area contributed by atoms with Crippen LogP contribution in [-0.4, -0.2) is 46.6 Å². The smallest absolute Gasteiger partial charge is 0.242 e. The number of nitrogens with zero attached hydrogens (tertiary/aromatic N) is 3. The molecule has 7 heteroatoms. The molecule has 0 radical (unpaired) electrons. The Kier molecular flexibility index (Phi) is 4.73. The van der Waals surface area contributed by atoms with Crippen molar-refractivity contribution in [3.8, 4) is 0 Å². The molecule has 128 valence electrons. The Hall–Kier alpha value is -2.12. The van der Waals surface area contributed by atoms with E-state index in [1.807, 2.05) is 30.6 Å². The van der Waals surface area contributed by atoms with Crippen LogP contribution in [0.25, 0.3) is 0 Å². The molecule has 0 spiro atoms. The highest BCUT2D eigenvalue weighted by Crippen LogP contribution is 2.27. The van der Waals surface area contributed by atoms with E-state index in [9.17, 15) is 8.42 Å². The Labute approximate surface area is 143 Å². The van der Waals surface area contributed by atoms with Gasteiger partial charge in [-0.05, 0) is 37.7 Å². The molecule has 2 aromatic rings. The van der Waals surface area contributed by atoms with E-state index in [4.69, 9.17) is 0 Å². The van der Waals surface area contributed by atoms with Gasteiger partial charge in [-0.2, -0.15) is 0 Å². The van der Waals surface area contributed by atoms with Gasteiger partial charge in [0.1, 0.15) is 4.90 Å². The first-order valence-electron chi connectivity index (χ1n) is 7.96. The minimum Gasteiger partial charge on any atom is -0.368 e. The van der Waals surface area contributed by atoms with Gasteiger partial charge in [-0.25, -0.2) is 13.1 Å². The highest BCUT2D eigenvalue weighted by Gasteiger charge is 2.24. The summed E-state index contributed by atoms with van der Waals surface area (Å²) in [6.45, 7) is 5.30. The molecule has 3 rings (SSSR count). The lowest BCUT2D eigenvalue weighted by molar-refractivity contribution is 0.586. The summed E-state index contributed by atoms with van der Waals surface area (Å²) in [6, 6.07) is 9.19. The van der Waals surface area contributed by atoms with Gasteiger partial charge in [-0.1, -0.05) is 12.1 Å². The van der Waals surface area contributed by atoms with Crippen LogP contribution in [0.4, 0.5) is 11.4 Å². The Bertz CT molecular complexity index is 815. The van der Waals surface area contributed by atoms with E-state index >= 15 is 0 Å². The van der Waals surface area contributed by atoms with Gasteiger partial charge in [0, 0.05) is 44.3 Å². The molecule has 2 heterocycles. The van der Waals surface area contributed by atoms with E-state index in [1.54, 1.807) is 12.1 Å². The van der Waals surface area contributed by atoms with Gasteiger partial charge < -0.3 is 9.80 Å². The lowest BCUT2D eigenvalue weighted by Crippen LogP contribution is -2.47. The summed E-state index contributed by atoms with van der Waals surface area (Å²) >= 11 is 0. The molecule has 1 aliphatic heterocycles. The molecule has 1 aromatic carbocycles. The number of aryl methyl sites for hydroxylation is 1. The summed E-state index contributed by atoms with van der Waals surface area (Å²) in [5.74, 6) is 0. The van der Waals surface area contributed by atoms with Crippen LogP contribution in [0.2, 0.25) is 0 Å². The molecule has 1 N–H and O–H groups in total. The lowest BCUT2D eigenvalue weighted by atomic mass is 10.2. The number of rotatable bonds is 4. The topological polar surface area (TPSA) is 65.5 Å². The zero-order valence-electron chi connectivity index (χ0n) is 13.9. The van der Waals surface area contributed by atoms with Crippen molar-refractivity contribution >= 4 is 21.4 Å². The van der Waals surface area contributed by atoms with Crippen LogP contribution in [-0.2, 0) is 10.0 Å². The van der Waals surface area contributed by atoms with Crippen LogP contribution in [0.3, 0.4) is 0 Å². The van der Waals surface area contributed by atoms with Crippen molar-refractivity contribution in [2.45, 2.75) is 11.8 Å². The number of hydrogen-bond acceptors (Lipinski definition) is 5. The van der Waals surface area contributed by atoms with Gasteiger partial charge >= 0.3 is 0 Å². The summed E-state index contributed by atoms with van der Waals surface area (Å²) in [5, 5.41) is 0. The van der Waals surface area contributed by atoms with Crippen molar-refractivity contribution in [2.75, 3.05) is 43.0 Å². The molecule has 1 aromatic heterocycles. The summed E-state index contributed by atoms with van der Waals surface area (Å²) in [6.07, 6.45) is 3.68. The van der Waals surface area contributed by atoms with Crippen molar-refractivity contribution in [1.29, 1.82) is 0 Å². The van der Waals surface area contributed by atoms with Gasteiger partial charge in [0.15, 0.2) is 0 Å². The van der Waals surface area contributed by atoms with Gasteiger partial charge in [0.25, 0.3) is 0 Å². The number of aromatic nitrogens is 1. The maximum atomic E-state index is 12.2. The molecule has 0 bridgehead atoms. The van der Waals surface area contributed by atoms with E-state index < -0.39 is 10.0 Å². The van der Waals surface area contributed by atoms with E-state index in [-0.39, 0.29) is 0 Å². The van der Waals surface area contributed by atoms with E-state index in [2.05, 4.69) is 26.4 Å². The van der Waals surface area contributed by atoms with Crippen LogP contribution in [0.1, 0.15) is 5.56 Å². The zero-order chi connectivity index (χ0) is 17.2. The fraction of sp³-hybridized carbons (Fsp3) is 0.353. The lowest BCUT2D eigenvalue weighted by Gasteiger charge is -2.38. The van der Waals surface area contributed by atoms with Crippen molar-refractivity contribution in [3.05, 3.63) is 48.3 Å². The fourth-order valence-corrected chi connectivity index (χ4v) is 4.01. The maximum absolute atomic E-state index is 12.2. The van der Waals surface area contributed by atoms with Gasteiger partial charge in [0.05, 0.1) is 5.69 Å². The van der Waals surface area contributed by atoms with Gasteiger partial charge in [0.2, 0.25) is 10.0 Å². The first kappa shape index (κ1) is 16.7. The third kappa shape index (κ3) is 3.22. The van der Waals surface area contributed by atoms with Crippen LogP contribution >= 0.6 is 0 Å². The number of benzene rings is 1. The van der Waals surface area contributed by atoms with Gasteiger partial charge in [-0.15, -0.1) is 0 Å². The predicted octanol–water partition coefficient (Wildman–Crippen LogP) is 1.62. The monoisotopic (exact) mass is 346 g/mol. The number of anilines is 2. The second-order valence-electron chi connectivity index (χ2n) is 5.81. The standard InChI is InChI=1S/C17H22N4O2S/c1-14-13-19-8-7-15(14)20-9-11-21(12-10-20)16-5-3-4-6-17(16)24(22,23)18-2/h3-8,13,18H,9-12H2,1-2H3. The zero-order valence-corrected chi connectivity index (χ0v) is 14.8. The molecular formula is C17H22N4O2S. The minimum atomic E-state index is -3.46. The SMILES string of the molecule is CNS(=O)(=O)c1ccccc1N1CCN(c2ccncc2C)CC1. The Morgan fingerprint density at radius 3 is 2.25 bits per heavy atom. The first-order chi connectivity index (χ1) is 11.5. The first-order valence-corrected chi connectivity index (χ1v) is 9.44. The predicted molar refractivity (Wildman–Crippen MR) is 96.1 cm³/mol. The molecule has 0 aliphatic carbocycles. The molecule has 0 atom stereocenters. The van der Waals surface area contributed by atoms with Crippen molar-refractivity contribution in [2.24, 2.45) is 0 Å². The molecule has 24 heavy (non-hydrogen) atoms. The van der Waals surface area contributed by atoms with E-state index in [0.717, 1.165) is 37.4 Å². The van der Waals surface area contributed by atoms with Crippen LogP contribution in [0, 0.1) is 6.92 Å². The van der Waals surface area contributed by atoms with Crippen LogP contribution < -0.4 is 14.5 Å². The molecular weight excluding hydrogens is 324 g/mol. The van der Waals surface area contributed by atoms with Crippen LogP contribution in [0.5, 0.6) is 0 Å². The third-order valence-electron chi connectivity index (χ3n) is 4.38. The van der Waals surface area contributed by atoms with Gasteiger partial charge in [-0.3, -0.25) is 4.98 Å². The molecule has 0 unspecified atom stereocenters. The Morgan fingerprint density at radius 2 is 1.62 bits per heavy atom. The van der Waals surface area contributed by atoms with E-state index in [1.165, 1.54) is 12.7 Å². The Morgan fingerprint density at radius 1 is 1.00 bits per heavy atom. The number of hydrogen-bond donors (Lipinski definition) is 1. The fourth-order valence-electron chi connectivity index (χ4n) is 3.06. The molecule has 1 saturated heterocycles. The quantitative estimate of drug-likeness (QED) is 0.911. The van der Waals surface area contributed by atoms with E-state index in [0.29, 0.717) is 4.90 Å². The minimum absolute atomic E-state index is 0.334.